The van der Waals surface area contributed by atoms with Crippen molar-refractivity contribution in [1.29, 1.82) is 0 Å². The Morgan fingerprint density at radius 3 is 2.76 bits per heavy atom. The lowest BCUT2D eigenvalue weighted by molar-refractivity contribution is -0.138. The minimum absolute atomic E-state index is 0.148. The number of carbonyl (C=O) groups is 1. The number of hydrogen-bond donors (Lipinski definition) is 1. The maximum Gasteiger partial charge on any atom is 0.319 e. The van der Waals surface area contributed by atoms with E-state index in [4.69, 9.17) is 9.84 Å². The summed E-state index contributed by atoms with van der Waals surface area (Å²) in [6.45, 7) is 10.5. The van der Waals surface area contributed by atoms with Crippen molar-refractivity contribution in [3.63, 3.8) is 0 Å². The minimum Gasteiger partial charge on any atom is -0.480 e. The summed E-state index contributed by atoms with van der Waals surface area (Å²) in [5.74, 6) is -0.0262. The number of carboxylic acids is 1. The van der Waals surface area contributed by atoms with E-state index in [2.05, 4.69) is 18.7 Å². The van der Waals surface area contributed by atoms with Gasteiger partial charge in [-0.15, -0.1) is 11.8 Å². The number of carboxylic acid groups (broad SMARTS) is 1. The fourth-order valence-electron chi connectivity index (χ4n) is 1.68. The molecule has 1 unspecified atom stereocenters. The van der Waals surface area contributed by atoms with Gasteiger partial charge in [-0.1, -0.05) is 0 Å². The third-order valence-corrected chi connectivity index (χ3v) is 4.48. The van der Waals surface area contributed by atoms with Crippen LogP contribution in [-0.4, -0.2) is 58.3 Å². The lowest BCUT2D eigenvalue weighted by Crippen LogP contribution is -2.47. The van der Waals surface area contributed by atoms with Crippen LogP contribution in [0.4, 0.5) is 0 Å². The van der Waals surface area contributed by atoms with Crippen molar-refractivity contribution < 1.29 is 14.6 Å². The normalized spacial score (nSPS) is 23.0. The Balaban J connectivity index is 2.39. The number of nitrogens with zero attached hydrogens (tertiary/aromatic N) is 1. The Kier molecular flexibility index (Phi) is 5.28. The van der Waals surface area contributed by atoms with Crippen molar-refractivity contribution >= 4 is 17.7 Å². The quantitative estimate of drug-likeness (QED) is 0.816. The highest BCUT2D eigenvalue weighted by atomic mass is 32.2. The maximum atomic E-state index is 11.0. The predicted octanol–water partition coefficient (Wildman–Crippen LogP) is 1.69. The number of hydrogen-bond acceptors (Lipinski definition) is 4. The molecule has 17 heavy (non-hydrogen) atoms. The summed E-state index contributed by atoms with van der Waals surface area (Å²) in [4.78, 5) is 13.4. The zero-order valence-corrected chi connectivity index (χ0v) is 11.9. The Labute approximate surface area is 108 Å². The molecule has 1 aliphatic rings. The van der Waals surface area contributed by atoms with Gasteiger partial charge in [0.2, 0.25) is 0 Å². The summed E-state index contributed by atoms with van der Waals surface area (Å²) in [5, 5.41) is 9.04. The largest absolute Gasteiger partial charge is 0.480 e. The molecule has 0 spiro atoms. The molecule has 0 aliphatic carbocycles. The fourth-order valence-corrected chi connectivity index (χ4v) is 2.60. The third kappa shape index (κ3) is 4.48. The number of morpholine rings is 1. The highest BCUT2D eigenvalue weighted by Crippen LogP contribution is 2.26. The second kappa shape index (κ2) is 6.07. The predicted molar refractivity (Wildman–Crippen MR) is 70.6 cm³/mol. The average molecular weight is 261 g/mol. The van der Waals surface area contributed by atoms with E-state index in [1.54, 1.807) is 13.8 Å². The van der Waals surface area contributed by atoms with Crippen molar-refractivity contribution in [2.24, 2.45) is 0 Å². The lowest BCUT2D eigenvalue weighted by atomic mass is 10.2. The molecule has 100 valence electrons. The summed E-state index contributed by atoms with van der Waals surface area (Å²) in [6.07, 6.45) is 0.148. The van der Waals surface area contributed by atoms with Crippen LogP contribution in [0, 0.1) is 0 Å². The van der Waals surface area contributed by atoms with Crippen molar-refractivity contribution in [3.05, 3.63) is 0 Å². The van der Waals surface area contributed by atoms with Crippen LogP contribution in [0.2, 0.25) is 0 Å². The van der Waals surface area contributed by atoms with E-state index < -0.39 is 10.7 Å². The second-order valence-electron chi connectivity index (χ2n) is 5.21. The van der Waals surface area contributed by atoms with Crippen LogP contribution in [0.25, 0.3) is 0 Å². The van der Waals surface area contributed by atoms with Gasteiger partial charge >= 0.3 is 5.97 Å². The van der Waals surface area contributed by atoms with Gasteiger partial charge in [0.25, 0.3) is 0 Å². The summed E-state index contributed by atoms with van der Waals surface area (Å²) in [6, 6.07) is 0.527. The molecular weight excluding hydrogens is 238 g/mol. The number of ether oxygens (including phenoxy) is 1. The smallest absolute Gasteiger partial charge is 0.319 e. The van der Waals surface area contributed by atoms with Gasteiger partial charge in [-0.05, 0) is 27.7 Å². The van der Waals surface area contributed by atoms with Crippen LogP contribution in [-0.2, 0) is 9.53 Å². The van der Waals surface area contributed by atoms with Gasteiger partial charge in [-0.25, -0.2) is 0 Å². The Morgan fingerprint density at radius 1 is 1.59 bits per heavy atom. The fraction of sp³-hybridized carbons (Fsp3) is 0.917. The SMILES string of the molecule is CC(C)N1CCOC(CSC(C)(C)C(=O)O)C1. The molecule has 1 heterocycles. The topological polar surface area (TPSA) is 49.8 Å². The molecule has 0 saturated carbocycles. The molecule has 1 fully saturated rings. The average Bonchev–Trinajstić information content (AvgIpc) is 2.26. The van der Waals surface area contributed by atoms with Crippen LogP contribution >= 0.6 is 11.8 Å². The van der Waals surface area contributed by atoms with E-state index in [0.717, 1.165) is 25.4 Å². The van der Waals surface area contributed by atoms with Crippen LogP contribution in [0.5, 0.6) is 0 Å². The summed E-state index contributed by atoms with van der Waals surface area (Å²) in [5.41, 5.74) is 0. The highest BCUT2D eigenvalue weighted by molar-refractivity contribution is 8.01. The Hall–Kier alpha value is -0.260. The zero-order chi connectivity index (χ0) is 13.1. The molecular formula is C12H23NO3S. The zero-order valence-electron chi connectivity index (χ0n) is 11.1. The molecule has 5 heteroatoms. The maximum absolute atomic E-state index is 11.0. The molecule has 0 radical (unpaired) electrons. The molecule has 1 rings (SSSR count). The first kappa shape index (κ1) is 14.8. The monoisotopic (exact) mass is 261 g/mol. The first-order valence-electron chi connectivity index (χ1n) is 6.06. The van der Waals surface area contributed by atoms with Crippen LogP contribution in [0.3, 0.4) is 0 Å². The van der Waals surface area contributed by atoms with Gasteiger partial charge in [0.1, 0.15) is 4.75 Å². The molecule has 0 amide bonds. The van der Waals surface area contributed by atoms with Gasteiger partial charge in [0, 0.05) is 24.9 Å². The Morgan fingerprint density at radius 2 is 2.24 bits per heavy atom. The number of thioether (sulfide) groups is 1. The van der Waals surface area contributed by atoms with Gasteiger partial charge in [0.05, 0.1) is 12.7 Å². The number of aliphatic carboxylic acids is 1. The molecule has 0 aromatic heterocycles. The summed E-state index contributed by atoms with van der Waals surface area (Å²) >= 11 is 1.46. The van der Waals surface area contributed by atoms with E-state index in [1.165, 1.54) is 11.8 Å². The first-order chi connectivity index (χ1) is 7.83. The molecule has 0 aromatic carbocycles. The minimum atomic E-state index is -0.765. The van der Waals surface area contributed by atoms with Gasteiger partial charge in [-0.3, -0.25) is 9.69 Å². The van der Waals surface area contributed by atoms with Gasteiger partial charge < -0.3 is 9.84 Å². The van der Waals surface area contributed by atoms with E-state index in [9.17, 15) is 4.79 Å². The highest BCUT2D eigenvalue weighted by Gasteiger charge is 2.30. The van der Waals surface area contributed by atoms with E-state index >= 15 is 0 Å². The van der Waals surface area contributed by atoms with Crippen molar-refractivity contribution in [1.82, 2.24) is 4.90 Å². The molecule has 1 aliphatic heterocycles. The summed E-state index contributed by atoms with van der Waals surface area (Å²) < 4.78 is 4.95. The van der Waals surface area contributed by atoms with Gasteiger partial charge in [0.15, 0.2) is 0 Å². The molecule has 4 nitrogen and oxygen atoms in total. The van der Waals surface area contributed by atoms with Crippen LogP contribution < -0.4 is 0 Å². The first-order valence-corrected chi connectivity index (χ1v) is 7.04. The molecule has 1 saturated heterocycles. The summed E-state index contributed by atoms with van der Waals surface area (Å²) in [7, 11) is 0. The van der Waals surface area contributed by atoms with Crippen molar-refractivity contribution in [2.45, 2.75) is 44.6 Å². The van der Waals surface area contributed by atoms with E-state index in [-0.39, 0.29) is 6.10 Å². The van der Waals surface area contributed by atoms with E-state index in [1.807, 2.05) is 0 Å². The standard InChI is InChI=1S/C12H23NO3S/c1-9(2)13-5-6-16-10(7-13)8-17-12(3,4)11(14)15/h9-10H,5-8H2,1-4H3,(H,14,15). The van der Waals surface area contributed by atoms with Crippen LogP contribution in [0.1, 0.15) is 27.7 Å². The Bertz CT molecular complexity index is 268. The van der Waals surface area contributed by atoms with Crippen molar-refractivity contribution in [2.75, 3.05) is 25.4 Å². The molecule has 1 N–H and O–H groups in total. The van der Waals surface area contributed by atoms with Gasteiger partial charge in [-0.2, -0.15) is 0 Å². The number of rotatable bonds is 5. The van der Waals surface area contributed by atoms with Crippen LogP contribution in [0.15, 0.2) is 0 Å². The molecule has 0 aromatic rings. The van der Waals surface area contributed by atoms with E-state index in [0.29, 0.717) is 6.04 Å². The second-order valence-corrected chi connectivity index (χ2v) is 6.85. The molecule has 0 bridgehead atoms. The van der Waals surface area contributed by atoms with Crippen molar-refractivity contribution in [3.8, 4) is 0 Å². The molecule has 1 atom stereocenters. The third-order valence-electron chi connectivity index (χ3n) is 3.05. The lowest BCUT2D eigenvalue weighted by Gasteiger charge is -2.36.